The fourth-order valence-electron chi connectivity index (χ4n) is 4.84. The Hall–Kier alpha value is -3.56. The average molecular weight is 554 g/mol. The van der Waals surface area contributed by atoms with Crippen molar-refractivity contribution in [2.24, 2.45) is 5.92 Å². The molecule has 0 unspecified atom stereocenters. The number of fused-ring (bicyclic) bond motifs is 1. The third kappa shape index (κ3) is 5.89. The molecule has 1 aliphatic heterocycles. The number of ether oxygens (including phenoxy) is 4. The summed E-state index contributed by atoms with van der Waals surface area (Å²) >= 11 is 0. The van der Waals surface area contributed by atoms with E-state index in [1.165, 1.54) is 4.31 Å². The first-order chi connectivity index (χ1) is 18.5. The minimum absolute atomic E-state index is 0.0422. The van der Waals surface area contributed by atoms with Gasteiger partial charge in [0.1, 0.15) is 18.4 Å². The van der Waals surface area contributed by atoms with Gasteiger partial charge in [-0.05, 0) is 72.7 Å². The molecule has 0 aromatic heterocycles. The van der Waals surface area contributed by atoms with Crippen molar-refractivity contribution in [2.75, 3.05) is 13.9 Å². The van der Waals surface area contributed by atoms with Crippen LogP contribution >= 0.6 is 0 Å². The predicted octanol–water partition coefficient (Wildman–Crippen LogP) is 5.31. The van der Waals surface area contributed by atoms with E-state index in [0.29, 0.717) is 33.9 Å². The Labute approximate surface area is 230 Å². The van der Waals surface area contributed by atoms with Crippen LogP contribution in [0.25, 0.3) is 0 Å². The van der Waals surface area contributed by atoms with Gasteiger partial charge in [-0.2, -0.15) is 4.31 Å². The highest BCUT2D eigenvalue weighted by Gasteiger charge is 2.41. The van der Waals surface area contributed by atoms with Crippen LogP contribution in [0.3, 0.4) is 0 Å². The molecule has 1 heterocycles. The molecule has 208 valence electrons. The van der Waals surface area contributed by atoms with Crippen LogP contribution in [0.4, 0.5) is 0 Å². The third-order valence-corrected chi connectivity index (χ3v) is 9.07. The van der Waals surface area contributed by atoms with Gasteiger partial charge < -0.3 is 18.9 Å². The number of hydrogen-bond acceptors (Lipinski definition) is 7. The second kappa shape index (κ2) is 11.7. The predicted molar refractivity (Wildman–Crippen MR) is 147 cm³/mol. The van der Waals surface area contributed by atoms with E-state index >= 15 is 0 Å². The molecule has 39 heavy (non-hydrogen) atoms. The summed E-state index contributed by atoms with van der Waals surface area (Å²) in [4.78, 5) is 13.8. The van der Waals surface area contributed by atoms with Gasteiger partial charge in [0.05, 0.1) is 12.0 Å². The molecule has 0 bridgehead atoms. The summed E-state index contributed by atoms with van der Waals surface area (Å²) in [5.41, 5.74) is 3.30. The summed E-state index contributed by atoms with van der Waals surface area (Å²) in [5.74, 6) is 0.739. The molecule has 3 aromatic carbocycles. The van der Waals surface area contributed by atoms with Gasteiger partial charge in [0, 0.05) is 6.54 Å². The quantitative estimate of drug-likeness (QED) is 0.314. The normalized spacial score (nSPS) is 13.5. The second-order valence-electron chi connectivity index (χ2n) is 9.99. The maximum absolute atomic E-state index is 14.5. The Balaban J connectivity index is 1.79. The van der Waals surface area contributed by atoms with Gasteiger partial charge >= 0.3 is 5.97 Å². The molecule has 4 rings (SSSR count). The Kier molecular flexibility index (Phi) is 8.51. The molecular weight excluding hydrogens is 518 g/mol. The van der Waals surface area contributed by atoms with Gasteiger partial charge in [-0.25, -0.2) is 8.42 Å². The lowest BCUT2D eigenvalue weighted by Crippen LogP contribution is -2.48. The van der Waals surface area contributed by atoms with Crippen LogP contribution in [-0.2, 0) is 32.7 Å². The molecule has 3 aromatic rings. The highest BCUT2D eigenvalue weighted by Crippen LogP contribution is 2.37. The van der Waals surface area contributed by atoms with Crippen LogP contribution in [0.15, 0.2) is 59.5 Å². The summed E-state index contributed by atoms with van der Waals surface area (Å²) in [6.07, 6.45) is 0. The van der Waals surface area contributed by atoms with Gasteiger partial charge in [-0.1, -0.05) is 50.2 Å². The first-order valence-electron chi connectivity index (χ1n) is 12.8. The van der Waals surface area contributed by atoms with Gasteiger partial charge in [0.25, 0.3) is 0 Å². The summed E-state index contributed by atoms with van der Waals surface area (Å²) in [6, 6.07) is 15.2. The zero-order chi connectivity index (χ0) is 28.3. The molecular formula is C30H35NO7S. The van der Waals surface area contributed by atoms with Crippen LogP contribution in [0, 0.1) is 26.7 Å². The summed E-state index contributed by atoms with van der Waals surface area (Å²) in [5, 5.41) is 0. The van der Waals surface area contributed by atoms with E-state index in [0.717, 1.165) is 11.1 Å². The minimum Gasteiger partial charge on any atom is -0.496 e. The molecule has 0 fully saturated rings. The van der Waals surface area contributed by atoms with Gasteiger partial charge in [0.15, 0.2) is 11.5 Å². The van der Waals surface area contributed by atoms with Crippen LogP contribution in [0.2, 0.25) is 0 Å². The number of carbonyl (C=O) groups is 1. The number of hydrogen-bond donors (Lipinski definition) is 0. The SMILES string of the molecule is COc1cc(C)c(S(=O)(=O)N(Cc2ccc3c(c2)OCO3)[C@@H](C(=O)OCc2ccccc2)C(C)C)c(C)c1C. The molecule has 0 saturated carbocycles. The number of esters is 1. The van der Waals surface area contributed by atoms with E-state index in [9.17, 15) is 13.2 Å². The van der Waals surface area contributed by atoms with Crippen molar-refractivity contribution in [3.8, 4) is 17.2 Å². The number of aryl methyl sites for hydroxylation is 1. The first kappa shape index (κ1) is 28.4. The van der Waals surface area contributed by atoms with Crippen molar-refractivity contribution in [3.05, 3.63) is 82.4 Å². The minimum atomic E-state index is -4.19. The molecule has 0 spiro atoms. The van der Waals surface area contributed by atoms with E-state index in [2.05, 4.69) is 0 Å². The standard InChI is InChI=1S/C30H35NO7S/c1-19(2)28(30(32)36-17-23-10-8-7-9-11-23)31(16-24-12-13-25-27(15-24)38-18-37-25)39(33,34)29-20(3)14-26(35-6)21(4)22(29)5/h7-15,19,28H,16-18H2,1-6H3/t28-/m1/s1. The highest BCUT2D eigenvalue weighted by molar-refractivity contribution is 7.89. The van der Waals surface area contributed by atoms with E-state index in [1.54, 1.807) is 45.2 Å². The number of nitrogens with zero attached hydrogens (tertiary/aromatic N) is 1. The van der Waals surface area contributed by atoms with E-state index in [-0.39, 0.29) is 30.8 Å². The van der Waals surface area contributed by atoms with Crippen LogP contribution in [0.1, 0.15) is 41.7 Å². The average Bonchev–Trinajstić information content (AvgIpc) is 3.37. The summed E-state index contributed by atoms with van der Waals surface area (Å²) in [6.45, 7) is 9.03. The summed E-state index contributed by atoms with van der Waals surface area (Å²) < 4.78 is 52.4. The van der Waals surface area contributed by atoms with E-state index in [1.807, 2.05) is 51.1 Å². The molecule has 1 atom stereocenters. The van der Waals surface area contributed by atoms with Gasteiger partial charge in [-0.3, -0.25) is 4.79 Å². The number of rotatable bonds is 10. The van der Waals surface area contributed by atoms with E-state index in [4.69, 9.17) is 18.9 Å². The van der Waals surface area contributed by atoms with Crippen LogP contribution < -0.4 is 14.2 Å². The molecule has 1 aliphatic rings. The Bertz CT molecular complexity index is 1450. The smallest absolute Gasteiger partial charge is 0.325 e. The van der Waals surface area contributed by atoms with Crippen molar-refractivity contribution in [1.82, 2.24) is 4.31 Å². The van der Waals surface area contributed by atoms with Crippen molar-refractivity contribution >= 4 is 16.0 Å². The molecule has 9 heteroatoms. The largest absolute Gasteiger partial charge is 0.496 e. The third-order valence-electron chi connectivity index (χ3n) is 6.95. The fraction of sp³-hybridized carbons (Fsp3) is 0.367. The molecule has 0 amide bonds. The Morgan fingerprint density at radius 3 is 2.31 bits per heavy atom. The van der Waals surface area contributed by atoms with Crippen LogP contribution in [0.5, 0.6) is 17.2 Å². The van der Waals surface area contributed by atoms with Crippen molar-refractivity contribution in [3.63, 3.8) is 0 Å². The fourth-order valence-corrected chi connectivity index (χ4v) is 7.02. The van der Waals surface area contributed by atoms with Crippen LogP contribution in [-0.4, -0.2) is 38.6 Å². The highest BCUT2D eigenvalue weighted by atomic mass is 32.2. The maximum atomic E-state index is 14.5. The zero-order valence-electron chi connectivity index (χ0n) is 23.2. The zero-order valence-corrected chi connectivity index (χ0v) is 24.0. The summed E-state index contributed by atoms with van der Waals surface area (Å²) in [7, 11) is -2.64. The Morgan fingerprint density at radius 1 is 0.949 bits per heavy atom. The monoisotopic (exact) mass is 553 g/mol. The first-order valence-corrected chi connectivity index (χ1v) is 14.2. The second-order valence-corrected chi connectivity index (χ2v) is 11.8. The van der Waals surface area contributed by atoms with Gasteiger partial charge in [0.2, 0.25) is 16.8 Å². The lowest BCUT2D eigenvalue weighted by molar-refractivity contribution is -0.151. The molecule has 0 aliphatic carbocycles. The number of sulfonamides is 1. The maximum Gasteiger partial charge on any atom is 0.325 e. The number of benzene rings is 3. The van der Waals surface area contributed by atoms with Crippen molar-refractivity contribution in [1.29, 1.82) is 0 Å². The number of methoxy groups -OCH3 is 1. The molecule has 8 nitrogen and oxygen atoms in total. The lowest BCUT2D eigenvalue weighted by Gasteiger charge is -2.33. The molecule has 0 N–H and O–H groups in total. The van der Waals surface area contributed by atoms with Crippen molar-refractivity contribution < 1.29 is 32.2 Å². The Morgan fingerprint density at radius 2 is 1.64 bits per heavy atom. The number of carbonyl (C=O) groups excluding carboxylic acids is 1. The molecule has 0 saturated heterocycles. The van der Waals surface area contributed by atoms with Crippen molar-refractivity contribution in [2.45, 2.75) is 58.7 Å². The molecule has 0 radical (unpaired) electrons. The van der Waals surface area contributed by atoms with E-state index < -0.39 is 22.0 Å². The topological polar surface area (TPSA) is 91.4 Å². The lowest BCUT2D eigenvalue weighted by atomic mass is 10.0. The van der Waals surface area contributed by atoms with Gasteiger partial charge in [-0.15, -0.1) is 0 Å².